The second kappa shape index (κ2) is 6.45. The van der Waals surface area contributed by atoms with Crippen LogP contribution >= 0.6 is 0 Å². The van der Waals surface area contributed by atoms with Crippen molar-refractivity contribution in [3.8, 4) is 6.07 Å². The lowest BCUT2D eigenvalue weighted by atomic mass is 10.2. The SMILES string of the molecule is CNc1nc2ccccc2nc1[C@@H](C#N)S(=O)(=O)c1ccc(F)cc1. The fourth-order valence-corrected chi connectivity index (χ4v) is 3.80. The van der Waals surface area contributed by atoms with E-state index in [0.29, 0.717) is 11.0 Å². The maximum atomic E-state index is 13.1. The molecule has 3 aromatic rings. The maximum absolute atomic E-state index is 13.1. The Hall–Kier alpha value is -3.05. The van der Waals surface area contributed by atoms with Gasteiger partial charge in [-0.3, -0.25) is 0 Å². The van der Waals surface area contributed by atoms with Gasteiger partial charge in [0.15, 0.2) is 11.1 Å². The lowest BCUT2D eigenvalue weighted by Crippen LogP contribution is -2.16. The number of nitriles is 1. The van der Waals surface area contributed by atoms with Gasteiger partial charge in [-0.1, -0.05) is 12.1 Å². The second-order valence-electron chi connectivity index (χ2n) is 5.20. The second-order valence-corrected chi connectivity index (χ2v) is 7.24. The Balaban J connectivity index is 2.20. The number of hydrogen-bond acceptors (Lipinski definition) is 6. The topological polar surface area (TPSA) is 95.7 Å². The molecule has 8 heteroatoms. The third kappa shape index (κ3) is 3.02. The number of nitrogens with one attached hydrogen (secondary N) is 1. The van der Waals surface area contributed by atoms with Crippen molar-refractivity contribution in [3.63, 3.8) is 0 Å². The van der Waals surface area contributed by atoms with Crippen molar-refractivity contribution in [1.82, 2.24) is 9.97 Å². The molecular weight excluding hydrogens is 343 g/mol. The minimum atomic E-state index is -4.09. The predicted octanol–water partition coefficient (Wildman–Crippen LogP) is 2.85. The molecule has 1 aromatic heterocycles. The summed E-state index contributed by atoms with van der Waals surface area (Å²) in [6.07, 6.45) is 0. The van der Waals surface area contributed by atoms with Gasteiger partial charge >= 0.3 is 0 Å². The van der Waals surface area contributed by atoms with Gasteiger partial charge in [0.1, 0.15) is 11.5 Å². The Morgan fingerprint density at radius 3 is 2.24 bits per heavy atom. The molecule has 0 unspecified atom stereocenters. The molecule has 25 heavy (non-hydrogen) atoms. The molecule has 0 radical (unpaired) electrons. The van der Waals surface area contributed by atoms with E-state index in [2.05, 4.69) is 15.3 Å². The summed E-state index contributed by atoms with van der Waals surface area (Å²) in [4.78, 5) is 8.51. The fraction of sp³-hybridized carbons (Fsp3) is 0.118. The van der Waals surface area contributed by atoms with E-state index in [1.807, 2.05) is 0 Å². The normalized spacial score (nSPS) is 12.5. The van der Waals surface area contributed by atoms with Crippen LogP contribution in [0.3, 0.4) is 0 Å². The number of anilines is 1. The van der Waals surface area contributed by atoms with Gasteiger partial charge in [0.2, 0.25) is 9.84 Å². The number of halogens is 1. The van der Waals surface area contributed by atoms with Gasteiger partial charge < -0.3 is 5.32 Å². The van der Waals surface area contributed by atoms with Gasteiger partial charge in [-0.15, -0.1) is 0 Å². The molecule has 0 aliphatic carbocycles. The lowest BCUT2D eigenvalue weighted by molar-refractivity contribution is 0.589. The predicted molar refractivity (Wildman–Crippen MR) is 91.0 cm³/mol. The number of para-hydroxylation sites is 2. The van der Waals surface area contributed by atoms with Crippen molar-refractivity contribution < 1.29 is 12.8 Å². The van der Waals surface area contributed by atoms with Crippen LogP contribution in [0.2, 0.25) is 0 Å². The minimum Gasteiger partial charge on any atom is -0.372 e. The highest BCUT2D eigenvalue weighted by molar-refractivity contribution is 7.92. The number of sulfone groups is 1. The first-order valence-corrected chi connectivity index (χ1v) is 8.85. The van der Waals surface area contributed by atoms with E-state index < -0.39 is 20.9 Å². The number of hydrogen-bond donors (Lipinski definition) is 1. The summed E-state index contributed by atoms with van der Waals surface area (Å²) in [6, 6.07) is 13.1. The number of rotatable bonds is 4. The smallest absolute Gasteiger partial charge is 0.200 e. The lowest BCUT2D eigenvalue weighted by Gasteiger charge is -2.14. The third-order valence-electron chi connectivity index (χ3n) is 3.65. The molecule has 0 saturated carbocycles. The standard InChI is InChI=1S/C17H13FN4O2S/c1-20-17-16(21-13-4-2-3-5-14(13)22-17)15(10-19)25(23,24)12-8-6-11(18)7-9-12/h2-9,15H,1H3,(H,20,22)/t15-/m1/s1. The first kappa shape index (κ1) is 16.8. The summed E-state index contributed by atoms with van der Waals surface area (Å²) < 4.78 is 38.8. The Morgan fingerprint density at radius 1 is 1.08 bits per heavy atom. The van der Waals surface area contributed by atoms with Crippen LogP contribution in [0.4, 0.5) is 10.2 Å². The molecule has 6 nitrogen and oxygen atoms in total. The highest BCUT2D eigenvalue weighted by Crippen LogP contribution is 2.32. The Labute approximate surface area is 143 Å². The largest absolute Gasteiger partial charge is 0.372 e. The molecule has 0 amide bonds. The van der Waals surface area contributed by atoms with Crippen molar-refractivity contribution in [1.29, 1.82) is 5.26 Å². The third-order valence-corrected chi connectivity index (χ3v) is 5.53. The van der Waals surface area contributed by atoms with E-state index in [1.165, 1.54) is 0 Å². The molecule has 2 aromatic carbocycles. The van der Waals surface area contributed by atoms with Crippen molar-refractivity contribution in [3.05, 3.63) is 60.0 Å². The molecule has 0 fully saturated rings. The van der Waals surface area contributed by atoms with Crippen molar-refractivity contribution in [2.45, 2.75) is 10.1 Å². The number of benzene rings is 2. The number of nitrogens with zero attached hydrogens (tertiary/aromatic N) is 3. The summed E-state index contributed by atoms with van der Waals surface area (Å²) >= 11 is 0. The molecular formula is C17H13FN4O2S. The van der Waals surface area contributed by atoms with Crippen LogP contribution in [0.25, 0.3) is 11.0 Å². The molecule has 126 valence electrons. The van der Waals surface area contributed by atoms with Crippen LogP contribution in [0.15, 0.2) is 53.4 Å². The Kier molecular flexibility index (Phi) is 4.33. The van der Waals surface area contributed by atoms with E-state index >= 15 is 0 Å². The van der Waals surface area contributed by atoms with Crippen LogP contribution in [0, 0.1) is 17.1 Å². The average Bonchev–Trinajstić information content (AvgIpc) is 2.62. The van der Waals surface area contributed by atoms with Crippen LogP contribution in [0.5, 0.6) is 0 Å². The first-order valence-electron chi connectivity index (χ1n) is 7.31. The average molecular weight is 356 g/mol. The molecule has 0 aliphatic rings. The van der Waals surface area contributed by atoms with Gasteiger partial charge in [-0.05, 0) is 36.4 Å². The Bertz CT molecular complexity index is 1080. The van der Waals surface area contributed by atoms with E-state index in [0.717, 1.165) is 24.3 Å². The summed E-state index contributed by atoms with van der Waals surface area (Å²) in [6.45, 7) is 0. The highest BCUT2D eigenvalue weighted by Gasteiger charge is 2.33. The zero-order valence-electron chi connectivity index (χ0n) is 13.1. The van der Waals surface area contributed by atoms with Gasteiger partial charge in [0.05, 0.1) is 22.0 Å². The molecule has 0 bridgehead atoms. The van der Waals surface area contributed by atoms with Gasteiger partial charge in [0.25, 0.3) is 0 Å². The molecule has 1 heterocycles. The quantitative estimate of drug-likeness (QED) is 0.722. The summed E-state index contributed by atoms with van der Waals surface area (Å²) in [7, 11) is -2.52. The molecule has 1 N–H and O–H groups in total. The monoisotopic (exact) mass is 356 g/mol. The molecule has 1 atom stereocenters. The molecule has 3 rings (SSSR count). The minimum absolute atomic E-state index is 0.00743. The van der Waals surface area contributed by atoms with E-state index in [1.54, 1.807) is 37.4 Å². The number of fused-ring (bicyclic) bond motifs is 1. The fourth-order valence-electron chi connectivity index (χ4n) is 2.42. The molecule has 0 saturated heterocycles. The van der Waals surface area contributed by atoms with Gasteiger partial charge in [-0.25, -0.2) is 22.8 Å². The van der Waals surface area contributed by atoms with Crippen LogP contribution in [-0.4, -0.2) is 25.4 Å². The highest BCUT2D eigenvalue weighted by atomic mass is 32.2. The zero-order valence-corrected chi connectivity index (χ0v) is 14.0. The summed E-state index contributed by atoms with van der Waals surface area (Å²) in [5.41, 5.74) is 1.06. The summed E-state index contributed by atoms with van der Waals surface area (Å²) in [5.74, 6) is -0.357. The Morgan fingerprint density at radius 2 is 1.68 bits per heavy atom. The first-order chi connectivity index (χ1) is 12.0. The number of aromatic nitrogens is 2. The van der Waals surface area contributed by atoms with Gasteiger partial charge in [-0.2, -0.15) is 5.26 Å². The maximum Gasteiger partial charge on any atom is 0.200 e. The van der Waals surface area contributed by atoms with E-state index in [4.69, 9.17) is 0 Å². The van der Waals surface area contributed by atoms with Crippen LogP contribution < -0.4 is 5.32 Å². The van der Waals surface area contributed by atoms with E-state index in [9.17, 15) is 18.1 Å². The van der Waals surface area contributed by atoms with Crippen molar-refractivity contribution in [2.24, 2.45) is 0 Å². The van der Waals surface area contributed by atoms with Crippen LogP contribution in [-0.2, 0) is 9.84 Å². The van der Waals surface area contributed by atoms with Gasteiger partial charge in [0, 0.05) is 7.05 Å². The van der Waals surface area contributed by atoms with Crippen molar-refractivity contribution >= 4 is 26.7 Å². The zero-order chi connectivity index (χ0) is 18.0. The molecule has 0 spiro atoms. The van der Waals surface area contributed by atoms with Crippen LogP contribution in [0.1, 0.15) is 10.9 Å². The van der Waals surface area contributed by atoms with Crippen molar-refractivity contribution in [2.75, 3.05) is 12.4 Å². The summed E-state index contributed by atoms with van der Waals surface area (Å²) in [5, 5.41) is 10.7. The van der Waals surface area contributed by atoms with E-state index in [-0.39, 0.29) is 16.4 Å². The molecule has 0 aliphatic heterocycles.